The molecule has 0 aliphatic carbocycles. The van der Waals surface area contributed by atoms with Crippen molar-refractivity contribution >= 4 is 64.4 Å². The van der Waals surface area contributed by atoms with Gasteiger partial charge in [0.1, 0.15) is 11.4 Å². The van der Waals surface area contributed by atoms with E-state index in [0.29, 0.717) is 15.9 Å². The van der Waals surface area contributed by atoms with Crippen LogP contribution >= 0.6 is 47.2 Å². The number of amidine groups is 1. The molecule has 1 aliphatic heterocycles. The molecule has 0 fully saturated rings. The van der Waals surface area contributed by atoms with Crippen LogP contribution in [0.2, 0.25) is 10.0 Å². The number of rotatable bonds is 3. The Kier molecular flexibility index (Phi) is 5.85. The molecule has 1 aliphatic rings. The first-order chi connectivity index (χ1) is 12.2. The van der Waals surface area contributed by atoms with Crippen LogP contribution in [0.5, 0.6) is 0 Å². The number of hydrogen-bond acceptors (Lipinski definition) is 5. The van der Waals surface area contributed by atoms with Crippen LogP contribution in [-0.2, 0) is 0 Å². The predicted molar refractivity (Wildman–Crippen MR) is 117 cm³/mol. The Balaban J connectivity index is 0.00000196. The molecule has 0 saturated heterocycles. The molecule has 0 atom stereocenters. The number of nitrogens with zero attached hydrogens (tertiary/aromatic N) is 4. The van der Waals surface area contributed by atoms with Gasteiger partial charge in [0.15, 0.2) is 5.84 Å². The second-order valence-corrected chi connectivity index (χ2v) is 6.15. The number of para-hydroxylation sites is 1. The maximum atomic E-state index is 6.38. The zero-order valence-electron chi connectivity index (χ0n) is 13.4. The first kappa shape index (κ1) is 18.8. The van der Waals surface area contributed by atoms with Gasteiger partial charge in [-0.1, -0.05) is 41.4 Å². The van der Waals surface area contributed by atoms with Gasteiger partial charge in [0, 0.05) is 11.2 Å². The van der Waals surface area contributed by atoms with E-state index in [1.165, 1.54) is 0 Å². The fourth-order valence-electron chi connectivity index (χ4n) is 2.45. The SMILES string of the molecule is Clc1ccc(N2N=C(c3ccccn3)NN2c2ccccc2Cl)cc1.I. The highest BCUT2D eigenvalue weighted by Crippen LogP contribution is 2.31. The summed E-state index contributed by atoms with van der Waals surface area (Å²) in [4.78, 5) is 4.35. The highest BCUT2D eigenvalue weighted by molar-refractivity contribution is 14.0. The third-order valence-electron chi connectivity index (χ3n) is 3.64. The summed E-state index contributed by atoms with van der Waals surface area (Å²) in [7, 11) is 0. The number of anilines is 2. The van der Waals surface area contributed by atoms with Crippen LogP contribution in [0.15, 0.2) is 78.0 Å². The third kappa shape index (κ3) is 3.72. The molecule has 3 aromatic rings. The normalized spacial score (nSPS) is 13.1. The van der Waals surface area contributed by atoms with Crippen LogP contribution in [0.1, 0.15) is 5.69 Å². The van der Waals surface area contributed by atoms with Crippen LogP contribution in [-0.4, -0.2) is 10.8 Å². The van der Waals surface area contributed by atoms with Crippen LogP contribution in [0.3, 0.4) is 0 Å². The minimum Gasteiger partial charge on any atom is -0.257 e. The number of hydrogen-bond donors (Lipinski definition) is 1. The molecule has 132 valence electrons. The second-order valence-electron chi connectivity index (χ2n) is 5.30. The smallest absolute Gasteiger partial charge is 0.194 e. The summed E-state index contributed by atoms with van der Waals surface area (Å²) >= 11 is 12.4. The standard InChI is InChI=1S/C18H13Cl2N5.HI/c19-13-8-10-14(11-9-13)24-22-18(16-6-3-4-12-21-16)23-25(24)17-7-2-1-5-15(17)20;/h1-12H,(H,22,23);1H. The summed E-state index contributed by atoms with van der Waals surface area (Å²) in [6.45, 7) is 0. The molecular formula is C18H14Cl2IN5. The van der Waals surface area contributed by atoms with E-state index in [0.717, 1.165) is 17.1 Å². The maximum Gasteiger partial charge on any atom is 0.194 e. The number of aromatic nitrogens is 1. The van der Waals surface area contributed by atoms with Crippen molar-refractivity contribution in [1.29, 1.82) is 0 Å². The molecule has 0 saturated carbocycles. The summed E-state index contributed by atoms with van der Waals surface area (Å²) in [5, 5.41) is 9.42. The average Bonchev–Trinajstić information content (AvgIpc) is 3.09. The Morgan fingerprint density at radius 3 is 2.27 bits per heavy atom. The Morgan fingerprint density at radius 1 is 0.846 bits per heavy atom. The number of halogens is 3. The Bertz CT molecular complexity index is 918. The molecule has 0 amide bonds. The Labute approximate surface area is 178 Å². The van der Waals surface area contributed by atoms with Gasteiger partial charge in [-0.3, -0.25) is 10.4 Å². The minimum atomic E-state index is 0. The van der Waals surface area contributed by atoms with E-state index in [9.17, 15) is 0 Å². The summed E-state index contributed by atoms with van der Waals surface area (Å²) in [5.41, 5.74) is 5.60. The van der Waals surface area contributed by atoms with Gasteiger partial charge in [-0.15, -0.1) is 29.1 Å². The fourth-order valence-corrected chi connectivity index (χ4v) is 2.80. The minimum absolute atomic E-state index is 0. The van der Waals surface area contributed by atoms with Crippen molar-refractivity contribution in [3.05, 3.63) is 88.7 Å². The van der Waals surface area contributed by atoms with Gasteiger partial charge in [-0.25, -0.2) is 0 Å². The zero-order valence-corrected chi connectivity index (χ0v) is 17.2. The lowest BCUT2D eigenvalue weighted by Gasteiger charge is -2.28. The molecule has 0 unspecified atom stereocenters. The van der Waals surface area contributed by atoms with Gasteiger partial charge < -0.3 is 0 Å². The second kappa shape index (κ2) is 8.11. The number of benzene rings is 2. The van der Waals surface area contributed by atoms with Crippen molar-refractivity contribution in [1.82, 2.24) is 10.4 Å². The van der Waals surface area contributed by atoms with Gasteiger partial charge >= 0.3 is 0 Å². The lowest BCUT2D eigenvalue weighted by atomic mass is 10.3. The number of nitrogens with one attached hydrogen (secondary N) is 1. The highest BCUT2D eigenvalue weighted by Gasteiger charge is 2.28. The van der Waals surface area contributed by atoms with Crippen LogP contribution < -0.4 is 15.7 Å². The van der Waals surface area contributed by atoms with Crippen molar-refractivity contribution in [2.75, 3.05) is 10.2 Å². The third-order valence-corrected chi connectivity index (χ3v) is 4.21. The van der Waals surface area contributed by atoms with E-state index in [1.807, 2.05) is 66.7 Å². The lowest BCUT2D eigenvalue weighted by Crippen LogP contribution is -2.45. The number of hydrazone groups is 1. The van der Waals surface area contributed by atoms with Crippen molar-refractivity contribution in [2.24, 2.45) is 5.10 Å². The number of hydrazine groups is 2. The Hall–Kier alpha value is -2.03. The van der Waals surface area contributed by atoms with E-state index in [-0.39, 0.29) is 24.0 Å². The molecule has 5 nitrogen and oxygen atoms in total. The van der Waals surface area contributed by atoms with Gasteiger partial charge in [0.05, 0.1) is 10.7 Å². The number of pyridine rings is 1. The molecule has 0 bridgehead atoms. The fraction of sp³-hybridized carbons (Fsp3) is 0. The van der Waals surface area contributed by atoms with Gasteiger partial charge in [0.25, 0.3) is 0 Å². The van der Waals surface area contributed by atoms with Crippen LogP contribution in [0.25, 0.3) is 0 Å². The van der Waals surface area contributed by atoms with Crippen molar-refractivity contribution in [3.63, 3.8) is 0 Å². The molecule has 0 spiro atoms. The summed E-state index contributed by atoms with van der Waals surface area (Å²) in [5.74, 6) is 0.621. The average molecular weight is 498 g/mol. The molecule has 26 heavy (non-hydrogen) atoms. The molecule has 0 radical (unpaired) electrons. The quantitative estimate of drug-likeness (QED) is 0.510. The summed E-state index contributed by atoms with van der Waals surface area (Å²) < 4.78 is 0. The molecular weight excluding hydrogens is 484 g/mol. The summed E-state index contributed by atoms with van der Waals surface area (Å²) in [6, 6.07) is 20.6. The molecule has 2 aromatic carbocycles. The van der Waals surface area contributed by atoms with Crippen molar-refractivity contribution in [3.8, 4) is 0 Å². The molecule has 4 rings (SSSR count). The topological polar surface area (TPSA) is 43.8 Å². The van der Waals surface area contributed by atoms with E-state index in [2.05, 4.69) is 15.5 Å². The van der Waals surface area contributed by atoms with E-state index in [4.69, 9.17) is 23.2 Å². The van der Waals surface area contributed by atoms with E-state index < -0.39 is 0 Å². The Morgan fingerprint density at radius 2 is 1.58 bits per heavy atom. The molecule has 1 N–H and O–H groups in total. The lowest BCUT2D eigenvalue weighted by molar-refractivity contribution is 0.770. The first-order valence-corrected chi connectivity index (χ1v) is 8.35. The van der Waals surface area contributed by atoms with Crippen LogP contribution in [0, 0.1) is 0 Å². The van der Waals surface area contributed by atoms with Gasteiger partial charge in [-0.2, -0.15) is 10.2 Å². The largest absolute Gasteiger partial charge is 0.257 e. The maximum absolute atomic E-state index is 6.38. The predicted octanol–water partition coefficient (Wildman–Crippen LogP) is 5.11. The van der Waals surface area contributed by atoms with Gasteiger partial charge in [0.2, 0.25) is 0 Å². The summed E-state index contributed by atoms with van der Waals surface area (Å²) in [6.07, 6.45) is 1.73. The van der Waals surface area contributed by atoms with Crippen molar-refractivity contribution < 1.29 is 0 Å². The van der Waals surface area contributed by atoms with E-state index >= 15 is 0 Å². The zero-order chi connectivity index (χ0) is 17.2. The van der Waals surface area contributed by atoms with Crippen molar-refractivity contribution in [2.45, 2.75) is 0 Å². The van der Waals surface area contributed by atoms with E-state index in [1.54, 1.807) is 16.4 Å². The monoisotopic (exact) mass is 497 g/mol. The molecule has 2 heterocycles. The van der Waals surface area contributed by atoms with Gasteiger partial charge in [-0.05, 0) is 48.5 Å². The first-order valence-electron chi connectivity index (χ1n) is 7.59. The highest BCUT2D eigenvalue weighted by atomic mass is 127. The molecule has 8 heteroatoms. The molecule has 1 aromatic heterocycles. The van der Waals surface area contributed by atoms with Crippen LogP contribution in [0.4, 0.5) is 11.4 Å².